The zero-order valence-electron chi connectivity index (χ0n) is 7.39. The van der Waals surface area contributed by atoms with E-state index < -0.39 is 21.2 Å². The molecular weight excluding hydrogens is 215 g/mol. The van der Waals surface area contributed by atoms with Crippen LogP contribution >= 0.6 is 0 Å². The molecule has 0 aliphatic heterocycles. The van der Waals surface area contributed by atoms with Gasteiger partial charge in [-0.2, -0.15) is 13.5 Å². The lowest BCUT2D eigenvalue weighted by molar-refractivity contribution is 0.0588. The SMILES string of the molecule is COC(=O)c1cc(S(=O)(=O)F)nn1C. The molecule has 1 aromatic rings. The fourth-order valence-electron chi connectivity index (χ4n) is 0.856. The van der Waals surface area contributed by atoms with Crippen molar-refractivity contribution >= 4 is 16.2 Å². The summed E-state index contributed by atoms with van der Waals surface area (Å²) in [5.74, 6) is -0.783. The maximum absolute atomic E-state index is 12.4. The normalized spacial score (nSPS) is 11.4. The molecule has 1 heterocycles. The first-order chi connectivity index (χ1) is 6.36. The molecule has 8 heteroatoms. The Bertz CT molecular complexity index is 464. The summed E-state index contributed by atoms with van der Waals surface area (Å²) >= 11 is 0. The van der Waals surface area contributed by atoms with E-state index in [0.29, 0.717) is 0 Å². The lowest BCUT2D eigenvalue weighted by atomic mass is 10.4. The first-order valence-corrected chi connectivity index (χ1v) is 4.81. The second-order valence-electron chi connectivity index (χ2n) is 2.42. The Morgan fingerprint density at radius 1 is 1.64 bits per heavy atom. The smallest absolute Gasteiger partial charge is 0.356 e. The molecule has 1 aromatic heterocycles. The third kappa shape index (κ3) is 1.90. The van der Waals surface area contributed by atoms with Gasteiger partial charge in [-0.15, -0.1) is 0 Å². The second kappa shape index (κ2) is 3.37. The van der Waals surface area contributed by atoms with Crippen LogP contribution in [0.5, 0.6) is 0 Å². The van der Waals surface area contributed by atoms with Gasteiger partial charge in [0.05, 0.1) is 7.11 Å². The summed E-state index contributed by atoms with van der Waals surface area (Å²) in [6, 6.07) is 0.807. The number of aromatic nitrogens is 2. The third-order valence-corrected chi connectivity index (χ3v) is 2.20. The molecule has 0 radical (unpaired) electrons. The predicted octanol–water partition coefficient (Wildman–Crippen LogP) is -0.135. The van der Waals surface area contributed by atoms with Crippen molar-refractivity contribution in [3.05, 3.63) is 11.8 Å². The molecule has 0 atom stereocenters. The minimum Gasteiger partial charge on any atom is -0.464 e. The van der Waals surface area contributed by atoms with Crippen molar-refractivity contribution in [2.75, 3.05) is 7.11 Å². The van der Waals surface area contributed by atoms with Crippen LogP contribution in [0.15, 0.2) is 11.1 Å². The molecule has 0 saturated heterocycles. The van der Waals surface area contributed by atoms with Crippen LogP contribution in [0.1, 0.15) is 10.5 Å². The van der Waals surface area contributed by atoms with Gasteiger partial charge >= 0.3 is 16.2 Å². The average molecular weight is 222 g/mol. The summed E-state index contributed by atoms with van der Waals surface area (Å²) in [5, 5.41) is 2.50. The van der Waals surface area contributed by atoms with Gasteiger partial charge in [0.2, 0.25) is 5.03 Å². The van der Waals surface area contributed by atoms with E-state index >= 15 is 0 Å². The molecule has 0 fully saturated rings. The maximum Gasteiger partial charge on any atom is 0.356 e. The Labute approximate surface area is 79.5 Å². The number of carbonyl (C=O) groups excluding carboxylic acids is 1. The highest BCUT2D eigenvalue weighted by molar-refractivity contribution is 7.86. The molecule has 0 N–H and O–H groups in total. The van der Waals surface area contributed by atoms with Crippen LogP contribution in [-0.2, 0) is 22.0 Å². The molecule has 0 unspecified atom stereocenters. The van der Waals surface area contributed by atoms with Crippen LogP contribution in [0.25, 0.3) is 0 Å². The zero-order chi connectivity index (χ0) is 10.9. The quantitative estimate of drug-likeness (QED) is 0.514. The van der Waals surface area contributed by atoms with Gasteiger partial charge < -0.3 is 4.74 Å². The van der Waals surface area contributed by atoms with E-state index in [1.54, 1.807) is 0 Å². The van der Waals surface area contributed by atoms with Crippen molar-refractivity contribution in [3.63, 3.8) is 0 Å². The standard InChI is InChI=1S/C6H7FN2O4S/c1-9-4(6(10)13-2)3-5(8-9)14(7,11)12/h3H,1-2H3. The summed E-state index contributed by atoms with van der Waals surface area (Å²) in [6.07, 6.45) is 0. The molecule has 14 heavy (non-hydrogen) atoms. The second-order valence-corrected chi connectivity index (χ2v) is 3.71. The Morgan fingerprint density at radius 2 is 2.21 bits per heavy atom. The van der Waals surface area contributed by atoms with E-state index in [4.69, 9.17) is 0 Å². The van der Waals surface area contributed by atoms with Crippen molar-refractivity contribution < 1.29 is 21.8 Å². The molecule has 6 nitrogen and oxygen atoms in total. The number of nitrogens with zero attached hydrogens (tertiary/aromatic N) is 2. The molecule has 0 bridgehead atoms. The van der Waals surface area contributed by atoms with Crippen molar-refractivity contribution in [2.45, 2.75) is 5.03 Å². The van der Waals surface area contributed by atoms with Gasteiger partial charge in [0.15, 0.2) is 0 Å². The van der Waals surface area contributed by atoms with E-state index in [9.17, 15) is 17.1 Å². The van der Waals surface area contributed by atoms with Gasteiger partial charge in [-0.1, -0.05) is 3.89 Å². The van der Waals surface area contributed by atoms with E-state index in [1.807, 2.05) is 0 Å². The number of ether oxygens (including phenoxy) is 1. The molecule has 0 aliphatic carbocycles. The number of aryl methyl sites for hydroxylation is 1. The largest absolute Gasteiger partial charge is 0.464 e. The third-order valence-electron chi connectivity index (χ3n) is 1.50. The fourth-order valence-corrected chi connectivity index (χ4v) is 1.33. The molecule has 1 rings (SSSR count). The van der Waals surface area contributed by atoms with Crippen LogP contribution < -0.4 is 0 Å². The summed E-state index contributed by atoms with van der Waals surface area (Å²) in [7, 11) is -2.46. The number of halogens is 1. The number of hydrogen-bond acceptors (Lipinski definition) is 5. The van der Waals surface area contributed by atoms with Crippen LogP contribution in [0, 0.1) is 0 Å². The van der Waals surface area contributed by atoms with Crippen LogP contribution in [0.3, 0.4) is 0 Å². The minimum absolute atomic E-state index is 0.135. The predicted molar refractivity (Wildman–Crippen MR) is 42.8 cm³/mol. The fraction of sp³-hybridized carbons (Fsp3) is 0.333. The van der Waals surface area contributed by atoms with Gasteiger partial charge in [-0.05, 0) is 0 Å². The van der Waals surface area contributed by atoms with Gasteiger partial charge in [0, 0.05) is 13.1 Å². The highest BCUT2D eigenvalue weighted by Crippen LogP contribution is 2.12. The minimum atomic E-state index is -4.89. The van der Waals surface area contributed by atoms with E-state index in [2.05, 4.69) is 9.84 Å². The Kier molecular flexibility index (Phi) is 2.56. The van der Waals surface area contributed by atoms with Crippen molar-refractivity contribution in [3.8, 4) is 0 Å². The maximum atomic E-state index is 12.4. The van der Waals surface area contributed by atoms with Crippen LogP contribution in [-0.4, -0.2) is 31.3 Å². The van der Waals surface area contributed by atoms with E-state index in [0.717, 1.165) is 17.9 Å². The Balaban J connectivity index is 3.25. The number of esters is 1. The number of rotatable bonds is 2. The molecule has 0 aliphatic rings. The first kappa shape index (κ1) is 10.6. The first-order valence-electron chi connectivity index (χ1n) is 3.43. The Morgan fingerprint density at radius 3 is 2.57 bits per heavy atom. The molecular formula is C6H7FN2O4S. The molecule has 0 spiro atoms. The lowest BCUT2D eigenvalue weighted by Gasteiger charge is -1.96. The van der Waals surface area contributed by atoms with Gasteiger partial charge in [0.1, 0.15) is 5.69 Å². The number of hydrogen-bond donors (Lipinski definition) is 0. The monoisotopic (exact) mass is 222 g/mol. The van der Waals surface area contributed by atoms with E-state index in [-0.39, 0.29) is 5.69 Å². The molecule has 0 amide bonds. The molecule has 0 aromatic carbocycles. The summed E-state index contributed by atoms with van der Waals surface area (Å²) in [6.45, 7) is 0. The van der Waals surface area contributed by atoms with Gasteiger partial charge in [-0.3, -0.25) is 4.68 Å². The van der Waals surface area contributed by atoms with Crippen molar-refractivity contribution in [2.24, 2.45) is 7.05 Å². The number of methoxy groups -OCH3 is 1. The van der Waals surface area contributed by atoms with Crippen molar-refractivity contribution in [1.29, 1.82) is 0 Å². The van der Waals surface area contributed by atoms with E-state index in [1.165, 1.54) is 7.05 Å². The summed E-state index contributed by atoms with van der Waals surface area (Å²) in [5.41, 5.74) is -0.135. The highest BCUT2D eigenvalue weighted by atomic mass is 32.3. The van der Waals surface area contributed by atoms with Gasteiger partial charge in [0.25, 0.3) is 0 Å². The van der Waals surface area contributed by atoms with Crippen LogP contribution in [0.2, 0.25) is 0 Å². The topological polar surface area (TPSA) is 78.3 Å². The summed E-state index contributed by atoms with van der Waals surface area (Å²) in [4.78, 5) is 11.0. The highest BCUT2D eigenvalue weighted by Gasteiger charge is 2.21. The van der Waals surface area contributed by atoms with Crippen LogP contribution in [0.4, 0.5) is 3.89 Å². The van der Waals surface area contributed by atoms with Gasteiger partial charge in [-0.25, -0.2) is 4.79 Å². The average Bonchev–Trinajstić information content (AvgIpc) is 2.45. The number of carbonyl (C=O) groups is 1. The Hall–Kier alpha value is -1.44. The zero-order valence-corrected chi connectivity index (χ0v) is 8.21. The molecule has 78 valence electrons. The van der Waals surface area contributed by atoms with Crippen molar-refractivity contribution in [1.82, 2.24) is 9.78 Å². The molecule has 0 saturated carbocycles. The summed E-state index contributed by atoms with van der Waals surface area (Å²) < 4.78 is 38.5. The lowest BCUT2D eigenvalue weighted by Crippen LogP contribution is -2.07.